The van der Waals surface area contributed by atoms with Gasteiger partial charge in [-0.1, -0.05) is 26.0 Å². The van der Waals surface area contributed by atoms with Crippen molar-refractivity contribution in [2.24, 2.45) is 5.41 Å². The highest BCUT2D eigenvalue weighted by atomic mass is 32.1. The van der Waals surface area contributed by atoms with Crippen molar-refractivity contribution < 1.29 is 14.7 Å². The lowest BCUT2D eigenvalue weighted by Gasteiger charge is -2.24. The second-order valence-electron chi connectivity index (χ2n) is 7.00. The first-order chi connectivity index (χ1) is 12.3. The zero-order valence-electron chi connectivity index (χ0n) is 14.6. The smallest absolute Gasteiger partial charge is 0.224 e. The van der Waals surface area contributed by atoms with Crippen molar-refractivity contribution in [3.8, 4) is 10.6 Å². The minimum Gasteiger partial charge on any atom is -0.550 e. The molecule has 0 radical (unpaired) electrons. The van der Waals surface area contributed by atoms with Crippen LogP contribution < -0.4 is 10.4 Å². The molecular formula is C20H19N2O3S-. The third-order valence-corrected chi connectivity index (χ3v) is 5.06. The van der Waals surface area contributed by atoms with E-state index in [1.807, 2.05) is 48.5 Å². The molecule has 134 valence electrons. The molecule has 5 nitrogen and oxygen atoms in total. The standard InChI is InChI=1S/C20H20N2O3S/c1-20(2,12-18(24)25)11-17(23)21-14-9-7-13(8-10-14)19-22-15-5-3-4-6-16(15)26-19/h3-10H,11-12H2,1-2H3,(H,21,23)(H,24,25)/p-1. The van der Waals surface area contributed by atoms with Gasteiger partial charge in [-0.2, -0.15) is 0 Å². The quantitative estimate of drug-likeness (QED) is 0.723. The number of hydrogen-bond acceptors (Lipinski definition) is 5. The van der Waals surface area contributed by atoms with Crippen molar-refractivity contribution in [1.29, 1.82) is 0 Å². The molecule has 1 N–H and O–H groups in total. The molecule has 0 unspecified atom stereocenters. The number of carboxylic acids is 1. The van der Waals surface area contributed by atoms with E-state index in [4.69, 9.17) is 0 Å². The number of aliphatic carboxylic acids is 1. The molecule has 0 aliphatic heterocycles. The van der Waals surface area contributed by atoms with Crippen LogP contribution in [0, 0.1) is 5.41 Å². The van der Waals surface area contributed by atoms with Crippen molar-refractivity contribution in [2.75, 3.05) is 5.32 Å². The fraction of sp³-hybridized carbons (Fsp3) is 0.250. The highest BCUT2D eigenvalue weighted by Gasteiger charge is 2.22. The maximum atomic E-state index is 12.1. The van der Waals surface area contributed by atoms with Crippen molar-refractivity contribution in [3.05, 3.63) is 48.5 Å². The van der Waals surface area contributed by atoms with Crippen LogP contribution in [0.25, 0.3) is 20.8 Å². The molecule has 0 aliphatic carbocycles. The maximum absolute atomic E-state index is 12.1. The third-order valence-electron chi connectivity index (χ3n) is 3.97. The summed E-state index contributed by atoms with van der Waals surface area (Å²) in [5.74, 6) is -1.37. The lowest BCUT2D eigenvalue weighted by atomic mass is 9.85. The van der Waals surface area contributed by atoms with Gasteiger partial charge in [-0.25, -0.2) is 4.98 Å². The van der Waals surface area contributed by atoms with Gasteiger partial charge in [0.25, 0.3) is 0 Å². The molecular weight excluding hydrogens is 348 g/mol. The van der Waals surface area contributed by atoms with Gasteiger partial charge in [0.2, 0.25) is 5.91 Å². The normalized spacial score (nSPS) is 11.5. The van der Waals surface area contributed by atoms with Crippen LogP contribution in [0.15, 0.2) is 48.5 Å². The van der Waals surface area contributed by atoms with E-state index in [0.29, 0.717) is 5.69 Å². The van der Waals surface area contributed by atoms with Crippen molar-refractivity contribution in [1.82, 2.24) is 4.98 Å². The molecule has 1 amide bonds. The summed E-state index contributed by atoms with van der Waals surface area (Å²) in [6, 6.07) is 15.5. The Morgan fingerprint density at radius 1 is 1.08 bits per heavy atom. The van der Waals surface area contributed by atoms with Gasteiger partial charge in [0.1, 0.15) is 5.01 Å². The Balaban J connectivity index is 1.67. The molecule has 3 aromatic rings. The Morgan fingerprint density at radius 3 is 2.42 bits per heavy atom. The number of anilines is 1. The number of carbonyl (C=O) groups is 2. The number of nitrogens with one attached hydrogen (secondary N) is 1. The molecule has 1 heterocycles. The first-order valence-electron chi connectivity index (χ1n) is 8.28. The summed E-state index contributed by atoms with van der Waals surface area (Å²) >= 11 is 1.62. The van der Waals surface area contributed by atoms with Gasteiger partial charge >= 0.3 is 0 Å². The lowest BCUT2D eigenvalue weighted by Crippen LogP contribution is -2.31. The summed E-state index contributed by atoms with van der Waals surface area (Å²) in [6.45, 7) is 3.47. The van der Waals surface area contributed by atoms with Gasteiger partial charge < -0.3 is 15.2 Å². The number of carbonyl (C=O) groups excluding carboxylic acids is 2. The summed E-state index contributed by atoms with van der Waals surface area (Å²) in [6.07, 6.45) is -0.0441. The van der Waals surface area contributed by atoms with Crippen LogP contribution in [0.5, 0.6) is 0 Å². The maximum Gasteiger partial charge on any atom is 0.224 e. The SMILES string of the molecule is CC(C)(CC(=O)[O-])CC(=O)Nc1ccc(-c2nc3ccccc3s2)cc1. The third kappa shape index (κ3) is 4.46. The number of benzene rings is 2. The second-order valence-corrected chi connectivity index (χ2v) is 8.03. The number of amides is 1. The average molecular weight is 367 g/mol. The zero-order valence-corrected chi connectivity index (χ0v) is 15.4. The number of fused-ring (bicyclic) bond motifs is 1. The highest BCUT2D eigenvalue weighted by molar-refractivity contribution is 7.21. The predicted molar refractivity (Wildman–Crippen MR) is 102 cm³/mol. The fourth-order valence-electron chi connectivity index (χ4n) is 2.78. The summed E-state index contributed by atoms with van der Waals surface area (Å²) in [5.41, 5.74) is 1.98. The van der Waals surface area contributed by atoms with Crippen LogP contribution in [0.4, 0.5) is 5.69 Å². The van der Waals surface area contributed by atoms with Gasteiger partial charge in [-0.15, -0.1) is 11.3 Å². The van der Waals surface area contributed by atoms with E-state index >= 15 is 0 Å². The van der Waals surface area contributed by atoms with Crippen molar-refractivity contribution >= 4 is 39.1 Å². The molecule has 0 aliphatic rings. The Labute approximate surface area is 155 Å². The zero-order chi connectivity index (χ0) is 18.7. The van der Waals surface area contributed by atoms with Crippen molar-refractivity contribution in [2.45, 2.75) is 26.7 Å². The Morgan fingerprint density at radius 2 is 1.77 bits per heavy atom. The van der Waals surface area contributed by atoms with Crippen LogP contribution in [0.1, 0.15) is 26.7 Å². The van der Waals surface area contributed by atoms with E-state index in [9.17, 15) is 14.7 Å². The number of hydrogen-bond donors (Lipinski definition) is 1. The van der Waals surface area contributed by atoms with E-state index in [1.54, 1.807) is 25.2 Å². The summed E-state index contributed by atoms with van der Waals surface area (Å²) < 4.78 is 1.13. The van der Waals surface area contributed by atoms with E-state index in [-0.39, 0.29) is 18.7 Å². The number of rotatable bonds is 6. The topological polar surface area (TPSA) is 82.1 Å². The summed E-state index contributed by atoms with van der Waals surface area (Å²) in [4.78, 5) is 27.5. The van der Waals surface area contributed by atoms with E-state index in [2.05, 4.69) is 10.3 Å². The van der Waals surface area contributed by atoms with Crippen LogP contribution in [-0.2, 0) is 9.59 Å². The molecule has 6 heteroatoms. The molecule has 0 atom stereocenters. The molecule has 26 heavy (non-hydrogen) atoms. The Bertz CT molecular complexity index is 912. The van der Waals surface area contributed by atoms with E-state index in [0.717, 1.165) is 20.8 Å². The molecule has 0 saturated carbocycles. The van der Waals surface area contributed by atoms with Gasteiger partial charge in [-0.3, -0.25) is 4.79 Å². The number of thiazole rings is 1. The first-order valence-corrected chi connectivity index (χ1v) is 9.10. The second kappa shape index (κ2) is 7.25. The molecule has 3 rings (SSSR count). The Kier molecular flexibility index (Phi) is 5.04. The highest BCUT2D eigenvalue weighted by Crippen LogP contribution is 2.31. The molecule has 2 aromatic carbocycles. The number of para-hydroxylation sites is 1. The van der Waals surface area contributed by atoms with E-state index in [1.165, 1.54) is 0 Å². The van der Waals surface area contributed by atoms with Crippen LogP contribution >= 0.6 is 11.3 Å². The largest absolute Gasteiger partial charge is 0.550 e. The Hall–Kier alpha value is -2.73. The fourth-order valence-corrected chi connectivity index (χ4v) is 3.76. The van der Waals surface area contributed by atoms with Crippen LogP contribution in [0.2, 0.25) is 0 Å². The number of carboxylic acid groups (broad SMARTS) is 1. The number of aromatic nitrogens is 1. The molecule has 0 fully saturated rings. The summed E-state index contributed by atoms with van der Waals surface area (Å²) in [7, 11) is 0. The van der Waals surface area contributed by atoms with Gasteiger partial charge in [-0.05, 0) is 48.2 Å². The van der Waals surface area contributed by atoms with E-state index < -0.39 is 11.4 Å². The van der Waals surface area contributed by atoms with Crippen LogP contribution in [-0.4, -0.2) is 16.9 Å². The monoisotopic (exact) mass is 367 g/mol. The average Bonchev–Trinajstić information content (AvgIpc) is 2.97. The summed E-state index contributed by atoms with van der Waals surface area (Å²) in [5, 5.41) is 14.5. The van der Waals surface area contributed by atoms with Gasteiger partial charge in [0.15, 0.2) is 0 Å². The van der Waals surface area contributed by atoms with Gasteiger partial charge in [0, 0.05) is 23.6 Å². The molecule has 0 bridgehead atoms. The number of nitrogens with zero attached hydrogens (tertiary/aromatic N) is 1. The van der Waals surface area contributed by atoms with Crippen molar-refractivity contribution in [3.63, 3.8) is 0 Å². The minimum absolute atomic E-state index is 0.112. The molecule has 0 spiro atoms. The van der Waals surface area contributed by atoms with Gasteiger partial charge in [0.05, 0.1) is 10.2 Å². The van der Waals surface area contributed by atoms with Crippen LogP contribution in [0.3, 0.4) is 0 Å². The first kappa shape index (κ1) is 18.1. The molecule has 1 aromatic heterocycles. The predicted octanol–water partition coefficient (Wildman–Crippen LogP) is 3.46. The minimum atomic E-state index is -1.15. The molecule has 0 saturated heterocycles. The lowest BCUT2D eigenvalue weighted by molar-refractivity contribution is -0.307.